The zero-order valence-corrected chi connectivity index (χ0v) is 30.2. The summed E-state index contributed by atoms with van der Waals surface area (Å²) >= 11 is 0. The van der Waals surface area contributed by atoms with E-state index in [-0.39, 0.29) is 0 Å². The third kappa shape index (κ3) is 5.29. The zero-order valence-electron chi connectivity index (χ0n) is 30.2. The molecule has 3 aromatic heterocycles. The Labute approximate surface area is 322 Å². The van der Waals surface area contributed by atoms with E-state index >= 15 is 0 Å². The maximum absolute atomic E-state index is 6.51. The van der Waals surface area contributed by atoms with Crippen molar-refractivity contribution >= 4 is 43.7 Å². The van der Waals surface area contributed by atoms with Crippen LogP contribution >= 0.6 is 0 Å². The van der Waals surface area contributed by atoms with Crippen LogP contribution in [0.1, 0.15) is 0 Å². The van der Waals surface area contributed by atoms with Crippen LogP contribution in [0.25, 0.3) is 106 Å². The molecule has 0 aliphatic carbocycles. The Kier molecular flexibility index (Phi) is 7.42. The van der Waals surface area contributed by atoms with Gasteiger partial charge in [-0.3, -0.25) is 0 Å². The van der Waals surface area contributed by atoms with Crippen molar-refractivity contribution in [2.75, 3.05) is 0 Å². The maximum Gasteiger partial charge on any atom is 0.167 e. The first-order valence-corrected chi connectivity index (χ1v) is 18.8. The van der Waals surface area contributed by atoms with Crippen molar-refractivity contribution in [1.82, 2.24) is 19.5 Å². The molecule has 0 aliphatic heterocycles. The molecule has 5 nitrogen and oxygen atoms in total. The molecule has 56 heavy (non-hydrogen) atoms. The molecule has 0 radical (unpaired) electrons. The van der Waals surface area contributed by atoms with Gasteiger partial charge in [-0.1, -0.05) is 152 Å². The number of nitrogens with zero attached hydrogens (tertiary/aromatic N) is 4. The van der Waals surface area contributed by atoms with Crippen LogP contribution in [-0.4, -0.2) is 19.5 Å². The quantitative estimate of drug-likeness (QED) is 0.172. The molecule has 8 aromatic carbocycles. The molecule has 0 aliphatic rings. The van der Waals surface area contributed by atoms with Gasteiger partial charge in [0.2, 0.25) is 0 Å². The van der Waals surface area contributed by atoms with E-state index in [0.29, 0.717) is 17.5 Å². The molecule has 0 saturated carbocycles. The second-order valence-corrected chi connectivity index (χ2v) is 14.0. The summed E-state index contributed by atoms with van der Waals surface area (Å²) < 4.78 is 8.83. The molecule has 0 spiro atoms. The Hall–Kier alpha value is -7.63. The third-order valence-electron chi connectivity index (χ3n) is 10.7. The molecule has 0 N–H and O–H groups in total. The number of fused-ring (bicyclic) bond motifs is 6. The molecule has 0 fully saturated rings. The first-order chi connectivity index (χ1) is 27.8. The van der Waals surface area contributed by atoms with Crippen LogP contribution in [0.5, 0.6) is 0 Å². The van der Waals surface area contributed by atoms with Gasteiger partial charge in [0, 0.05) is 38.4 Å². The van der Waals surface area contributed by atoms with Gasteiger partial charge >= 0.3 is 0 Å². The Bertz CT molecular complexity index is 3240. The summed E-state index contributed by atoms with van der Waals surface area (Å²) in [6.07, 6.45) is 0. The molecular weight excluding hydrogens is 685 g/mol. The van der Waals surface area contributed by atoms with Crippen molar-refractivity contribution in [3.63, 3.8) is 0 Å². The topological polar surface area (TPSA) is 56.7 Å². The fourth-order valence-electron chi connectivity index (χ4n) is 8.05. The summed E-state index contributed by atoms with van der Waals surface area (Å²) in [6.45, 7) is 0. The van der Waals surface area contributed by atoms with Crippen LogP contribution in [0.15, 0.2) is 199 Å². The number of hydrogen-bond acceptors (Lipinski definition) is 4. The van der Waals surface area contributed by atoms with Crippen molar-refractivity contribution in [3.8, 4) is 62.1 Å². The van der Waals surface area contributed by atoms with Gasteiger partial charge in [-0.05, 0) is 64.7 Å². The van der Waals surface area contributed by atoms with Gasteiger partial charge in [0.05, 0.1) is 16.6 Å². The minimum atomic E-state index is 0.554. The van der Waals surface area contributed by atoms with Gasteiger partial charge in [-0.15, -0.1) is 0 Å². The van der Waals surface area contributed by atoms with Crippen LogP contribution < -0.4 is 0 Å². The highest BCUT2D eigenvalue weighted by atomic mass is 16.3. The van der Waals surface area contributed by atoms with Crippen LogP contribution in [0.4, 0.5) is 0 Å². The van der Waals surface area contributed by atoms with Crippen molar-refractivity contribution in [2.45, 2.75) is 0 Å². The van der Waals surface area contributed by atoms with Gasteiger partial charge in [0.1, 0.15) is 11.2 Å². The summed E-state index contributed by atoms with van der Waals surface area (Å²) in [7, 11) is 0. The summed E-state index contributed by atoms with van der Waals surface area (Å²) in [5.41, 5.74) is 12.2. The number of hydrogen-bond donors (Lipinski definition) is 0. The van der Waals surface area contributed by atoms with Crippen LogP contribution in [0, 0.1) is 0 Å². The van der Waals surface area contributed by atoms with Crippen molar-refractivity contribution in [3.05, 3.63) is 194 Å². The predicted octanol–water partition coefficient (Wildman–Crippen LogP) is 13.2. The molecular formula is C51H32N4O. The molecule has 11 aromatic rings. The van der Waals surface area contributed by atoms with E-state index in [0.717, 1.165) is 77.2 Å². The molecule has 3 heterocycles. The Morgan fingerprint density at radius 2 is 0.893 bits per heavy atom. The number of rotatable bonds is 6. The zero-order chi connectivity index (χ0) is 37.0. The Morgan fingerprint density at radius 1 is 0.357 bits per heavy atom. The van der Waals surface area contributed by atoms with Gasteiger partial charge in [0.15, 0.2) is 17.5 Å². The van der Waals surface area contributed by atoms with E-state index in [2.05, 4.69) is 162 Å². The Morgan fingerprint density at radius 3 is 1.70 bits per heavy atom. The van der Waals surface area contributed by atoms with E-state index < -0.39 is 0 Å². The van der Waals surface area contributed by atoms with Gasteiger partial charge in [-0.2, -0.15) is 0 Å². The normalized spacial score (nSPS) is 11.6. The number of furan rings is 1. The average Bonchev–Trinajstić information content (AvgIpc) is 3.83. The van der Waals surface area contributed by atoms with E-state index in [4.69, 9.17) is 19.4 Å². The van der Waals surface area contributed by atoms with Gasteiger partial charge < -0.3 is 8.98 Å². The number of para-hydroxylation sites is 4. The molecule has 0 saturated heterocycles. The smallest absolute Gasteiger partial charge is 0.167 e. The third-order valence-corrected chi connectivity index (χ3v) is 10.7. The molecule has 0 amide bonds. The summed E-state index contributed by atoms with van der Waals surface area (Å²) in [5, 5.41) is 4.30. The maximum atomic E-state index is 6.51. The van der Waals surface area contributed by atoms with E-state index in [9.17, 15) is 0 Å². The largest absolute Gasteiger partial charge is 0.455 e. The van der Waals surface area contributed by atoms with E-state index in [1.165, 1.54) is 11.1 Å². The highest BCUT2D eigenvalue weighted by Gasteiger charge is 2.21. The van der Waals surface area contributed by atoms with Gasteiger partial charge in [0.25, 0.3) is 0 Å². The molecule has 5 heteroatoms. The van der Waals surface area contributed by atoms with Crippen LogP contribution in [0.3, 0.4) is 0 Å². The summed E-state index contributed by atoms with van der Waals surface area (Å²) in [4.78, 5) is 15.7. The lowest BCUT2D eigenvalue weighted by molar-refractivity contribution is 0.669. The molecule has 262 valence electrons. The fourth-order valence-corrected chi connectivity index (χ4v) is 8.05. The molecule has 0 atom stereocenters. The van der Waals surface area contributed by atoms with E-state index in [1.54, 1.807) is 0 Å². The molecule has 11 rings (SSSR count). The SMILES string of the molecule is c1ccc(-c2cccc(-c3ccc(-c4nc(-c5cccc6c5oc5ccccc56)nc(-c5cccc6c5c5ccccc5n6-c5ccccc5)n4)cc3)c2)cc1. The lowest BCUT2D eigenvalue weighted by atomic mass is 9.98. The van der Waals surface area contributed by atoms with Crippen LogP contribution in [0.2, 0.25) is 0 Å². The minimum Gasteiger partial charge on any atom is -0.455 e. The van der Waals surface area contributed by atoms with E-state index in [1.807, 2.05) is 36.4 Å². The first kappa shape index (κ1) is 31.9. The fraction of sp³-hybridized carbons (Fsp3) is 0. The van der Waals surface area contributed by atoms with Crippen molar-refractivity contribution in [1.29, 1.82) is 0 Å². The minimum absolute atomic E-state index is 0.554. The first-order valence-electron chi connectivity index (χ1n) is 18.8. The van der Waals surface area contributed by atoms with Crippen molar-refractivity contribution < 1.29 is 4.42 Å². The van der Waals surface area contributed by atoms with Gasteiger partial charge in [-0.25, -0.2) is 15.0 Å². The monoisotopic (exact) mass is 716 g/mol. The number of aromatic nitrogens is 4. The average molecular weight is 717 g/mol. The van der Waals surface area contributed by atoms with Crippen LogP contribution in [-0.2, 0) is 0 Å². The summed E-state index contributed by atoms with van der Waals surface area (Å²) in [6, 6.07) is 67.4. The second kappa shape index (κ2) is 13.0. The predicted molar refractivity (Wildman–Crippen MR) is 229 cm³/mol. The highest BCUT2D eigenvalue weighted by Crippen LogP contribution is 2.40. The Balaban J connectivity index is 1.11. The molecule has 0 bridgehead atoms. The van der Waals surface area contributed by atoms with Crippen molar-refractivity contribution in [2.24, 2.45) is 0 Å². The second-order valence-electron chi connectivity index (χ2n) is 14.0. The lowest BCUT2D eigenvalue weighted by Gasteiger charge is -2.11. The highest BCUT2D eigenvalue weighted by molar-refractivity contribution is 6.15. The number of benzene rings is 8. The summed E-state index contributed by atoms with van der Waals surface area (Å²) in [5.74, 6) is 1.74. The standard InChI is InChI=1S/C51H32N4O/c1-3-14-33(15-4-1)36-16-11-17-37(32-36)34-28-30-35(31-29-34)49-52-50(54-51(53-49)43-24-12-22-40-39-20-8-10-27-46(39)56-48(40)43)42-23-13-26-45-47(42)41-21-7-9-25-44(41)55(45)38-18-5-2-6-19-38/h1-32H. The molecule has 0 unspecified atom stereocenters. The lowest BCUT2D eigenvalue weighted by Crippen LogP contribution is -2.01.